The summed E-state index contributed by atoms with van der Waals surface area (Å²) in [6, 6.07) is 5.92. The van der Waals surface area contributed by atoms with E-state index in [1.54, 1.807) is 29.2 Å². The number of fused-ring (bicyclic) bond motifs is 1. The molecule has 0 radical (unpaired) electrons. The molecule has 120 valence electrons. The van der Waals surface area contributed by atoms with Crippen molar-refractivity contribution in [2.24, 2.45) is 0 Å². The largest absolute Gasteiger partial charge is 0.395 e. The zero-order valence-electron chi connectivity index (χ0n) is 12.5. The highest BCUT2D eigenvalue weighted by atomic mass is 32.2. The van der Waals surface area contributed by atoms with Crippen LogP contribution in [0.5, 0.6) is 0 Å². The van der Waals surface area contributed by atoms with Gasteiger partial charge in [0, 0.05) is 19.5 Å². The van der Waals surface area contributed by atoms with Crippen LogP contribution >= 0.6 is 0 Å². The van der Waals surface area contributed by atoms with Crippen molar-refractivity contribution in [1.82, 2.24) is 9.21 Å². The molecule has 0 spiro atoms. The van der Waals surface area contributed by atoms with Crippen LogP contribution in [0.1, 0.15) is 18.4 Å². The number of carbonyl (C=O) groups excluding carboxylic acids is 1. The predicted molar refractivity (Wildman–Crippen MR) is 80.7 cm³/mol. The number of aliphatic hydroxyl groups excluding tert-OH is 1. The average molecular weight is 324 g/mol. The molecule has 3 rings (SSSR count). The van der Waals surface area contributed by atoms with Crippen LogP contribution in [0.15, 0.2) is 29.2 Å². The van der Waals surface area contributed by atoms with E-state index in [9.17, 15) is 18.3 Å². The molecule has 2 fully saturated rings. The normalized spacial score (nSPS) is 26.3. The summed E-state index contributed by atoms with van der Waals surface area (Å²) in [6.07, 6.45) is 1.03. The predicted octanol–water partition coefficient (Wildman–Crippen LogP) is 0.351. The van der Waals surface area contributed by atoms with E-state index in [4.69, 9.17) is 0 Å². The fourth-order valence-corrected chi connectivity index (χ4v) is 5.00. The van der Waals surface area contributed by atoms with Gasteiger partial charge in [0.1, 0.15) is 0 Å². The monoisotopic (exact) mass is 324 g/mol. The molecule has 2 heterocycles. The van der Waals surface area contributed by atoms with E-state index in [1.165, 1.54) is 4.31 Å². The van der Waals surface area contributed by atoms with Crippen LogP contribution in [0.25, 0.3) is 0 Å². The lowest BCUT2D eigenvalue weighted by Crippen LogP contribution is -2.60. The van der Waals surface area contributed by atoms with Gasteiger partial charge in [-0.25, -0.2) is 8.42 Å². The molecule has 7 heteroatoms. The zero-order valence-corrected chi connectivity index (χ0v) is 13.3. The minimum absolute atomic E-state index is 0.0517. The molecule has 1 N–H and O–H groups in total. The number of aryl methyl sites for hydroxylation is 1. The number of hydrogen-bond acceptors (Lipinski definition) is 4. The summed E-state index contributed by atoms with van der Waals surface area (Å²) in [4.78, 5) is 13.8. The third-order valence-electron chi connectivity index (χ3n) is 4.56. The second kappa shape index (κ2) is 5.64. The Kier molecular flexibility index (Phi) is 3.96. The second-order valence-corrected chi connectivity index (χ2v) is 7.76. The van der Waals surface area contributed by atoms with Crippen molar-refractivity contribution in [3.63, 3.8) is 0 Å². The van der Waals surface area contributed by atoms with Crippen molar-refractivity contribution in [3.05, 3.63) is 29.8 Å². The smallest absolute Gasteiger partial charge is 0.243 e. The van der Waals surface area contributed by atoms with Crippen LogP contribution in [-0.2, 0) is 14.8 Å². The summed E-state index contributed by atoms with van der Waals surface area (Å²) < 4.78 is 27.1. The molecule has 1 aromatic carbocycles. The zero-order chi connectivity index (χ0) is 15.9. The summed E-state index contributed by atoms with van der Waals surface area (Å²) in [5.41, 5.74) is 0.990. The van der Waals surface area contributed by atoms with Gasteiger partial charge in [-0.05, 0) is 25.5 Å². The Bertz CT molecular complexity index is 671. The summed E-state index contributed by atoms with van der Waals surface area (Å²) in [6.45, 7) is 2.24. The van der Waals surface area contributed by atoms with Crippen molar-refractivity contribution in [1.29, 1.82) is 0 Å². The maximum atomic E-state index is 12.8. The fourth-order valence-electron chi connectivity index (χ4n) is 3.37. The number of hydrogen-bond donors (Lipinski definition) is 1. The highest BCUT2D eigenvalue weighted by Gasteiger charge is 2.46. The number of aliphatic hydroxyl groups is 1. The molecule has 1 aromatic rings. The Morgan fingerprint density at radius 1 is 1.23 bits per heavy atom. The molecule has 0 unspecified atom stereocenters. The van der Waals surface area contributed by atoms with Gasteiger partial charge in [-0.15, -0.1) is 0 Å². The first kappa shape index (κ1) is 15.5. The number of benzene rings is 1. The van der Waals surface area contributed by atoms with Gasteiger partial charge >= 0.3 is 0 Å². The summed E-state index contributed by atoms with van der Waals surface area (Å²) in [7, 11) is -3.66. The lowest BCUT2D eigenvalue weighted by molar-refractivity contribution is -0.131. The van der Waals surface area contributed by atoms with Gasteiger partial charge in [-0.2, -0.15) is 4.31 Å². The first-order valence-electron chi connectivity index (χ1n) is 7.44. The maximum absolute atomic E-state index is 12.8. The minimum Gasteiger partial charge on any atom is -0.395 e. The molecule has 2 aliphatic rings. The van der Waals surface area contributed by atoms with Gasteiger partial charge in [-0.1, -0.05) is 17.7 Å². The van der Waals surface area contributed by atoms with E-state index in [-0.39, 0.29) is 30.0 Å². The topological polar surface area (TPSA) is 77.9 Å². The minimum atomic E-state index is -3.66. The number of carbonyl (C=O) groups is 1. The number of piperazine rings is 1. The molecule has 0 bridgehead atoms. The molecular weight excluding hydrogens is 304 g/mol. The van der Waals surface area contributed by atoms with E-state index in [1.807, 2.05) is 6.92 Å². The van der Waals surface area contributed by atoms with Gasteiger partial charge in [0.25, 0.3) is 0 Å². The van der Waals surface area contributed by atoms with Crippen LogP contribution < -0.4 is 0 Å². The Labute approximate surface area is 130 Å². The SMILES string of the molecule is Cc1ccc(S(=O)(=O)N2CCN3C(=O)CC[C@H]3[C@@H]2CO)cc1. The van der Waals surface area contributed by atoms with Gasteiger partial charge < -0.3 is 10.0 Å². The van der Waals surface area contributed by atoms with Crippen LogP contribution in [0.2, 0.25) is 0 Å². The van der Waals surface area contributed by atoms with Gasteiger partial charge in [-0.3, -0.25) is 4.79 Å². The Morgan fingerprint density at radius 3 is 2.55 bits per heavy atom. The molecule has 0 aliphatic carbocycles. The van der Waals surface area contributed by atoms with Crippen molar-refractivity contribution in [2.45, 2.75) is 36.7 Å². The summed E-state index contributed by atoms with van der Waals surface area (Å²) in [5.74, 6) is 0.0517. The average Bonchev–Trinajstić information content (AvgIpc) is 2.88. The van der Waals surface area contributed by atoms with E-state index in [2.05, 4.69) is 0 Å². The Balaban J connectivity index is 1.93. The van der Waals surface area contributed by atoms with E-state index < -0.39 is 16.1 Å². The molecule has 2 saturated heterocycles. The van der Waals surface area contributed by atoms with E-state index in [0.29, 0.717) is 19.4 Å². The first-order chi connectivity index (χ1) is 10.4. The molecular formula is C15H20N2O4S. The van der Waals surface area contributed by atoms with Gasteiger partial charge in [0.05, 0.1) is 23.6 Å². The maximum Gasteiger partial charge on any atom is 0.243 e. The van der Waals surface area contributed by atoms with Crippen LogP contribution in [0.3, 0.4) is 0 Å². The number of rotatable bonds is 3. The third kappa shape index (κ3) is 2.43. The molecule has 2 atom stereocenters. The fraction of sp³-hybridized carbons (Fsp3) is 0.533. The van der Waals surface area contributed by atoms with Crippen molar-refractivity contribution in [3.8, 4) is 0 Å². The molecule has 2 aliphatic heterocycles. The van der Waals surface area contributed by atoms with Crippen molar-refractivity contribution in [2.75, 3.05) is 19.7 Å². The highest BCUT2D eigenvalue weighted by Crippen LogP contribution is 2.31. The first-order valence-corrected chi connectivity index (χ1v) is 8.88. The van der Waals surface area contributed by atoms with Crippen LogP contribution in [0, 0.1) is 6.92 Å². The van der Waals surface area contributed by atoms with Gasteiger partial charge in [0.15, 0.2) is 0 Å². The molecule has 0 aromatic heterocycles. The van der Waals surface area contributed by atoms with E-state index >= 15 is 0 Å². The van der Waals surface area contributed by atoms with Crippen LogP contribution in [0.4, 0.5) is 0 Å². The number of nitrogens with zero attached hydrogens (tertiary/aromatic N) is 2. The molecule has 22 heavy (non-hydrogen) atoms. The van der Waals surface area contributed by atoms with Crippen molar-refractivity contribution < 1.29 is 18.3 Å². The summed E-state index contributed by atoms with van der Waals surface area (Å²) in [5, 5.41) is 9.71. The molecule has 6 nitrogen and oxygen atoms in total. The van der Waals surface area contributed by atoms with Crippen LogP contribution in [-0.4, -0.2) is 60.4 Å². The lowest BCUT2D eigenvalue weighted by atomic mass is 10.0. The second-order valence-electron chi connectivity index (χ2n) is 5.87. The Hall–Kier alpha value is -1.44. The highest BCUT2D eigenvalue weighted by molar-refractivity contribution is 7.89. The van der Waals surface area contributed by atoms with Crippen molar-refractivity contribution >= 4 is 15.9 Å². The lowest BCUT2D eigenvalue weighted by Gasteiger charge is -2.43. The van der Waals surface area contributed by atoms with Gasteiger partial charge in [0.2, 0.25) is 15.9 Å². The summed E-state index contributed by atoms with van der Waals surface area (Å²) >= 11 is 0. The third-order valence-corrected chi connectivity index (χ3v) is 6.50. The number of amides is 1. The van der Waals surface area contributed by atoms with E-state index in [0.717, 1.165) is 5.56 Å². The molecule has 0 saturated carbocycles. The standard InChI is InChI=1S/C15H20N2O4S/c1-11-2-4-12(5-3-11)22(20,21)17-9-8-16-13(14(17)10-18)6-7-15(16)19/h2-5,13-14,18H,6-10H2,1H3/t13-,14-/m0/s1. The Morgan fingerprint density at radius 2 is 1.91 bits per heavy atom. The molecule has 1 amide bonds. The quantitative estimate of drug-likeness (QED) is 0.870. The number of sulfonamides is 1.